The van der Waals surface area contributed by atoms with Crippen molar-refractivity contribution in [1.82, 2.24) is 9.88 Å². The van der Waals surface area contributed by atoms with Crippen LogP contribution in [0.15, 0.2) is 77.2 Å². The van der Waals surface area contributed by atoms with E-state index in [0.29, 0.717) is 16.9 Å². The lowest BCUT2D eigenvalue weighted by Crippen LogP contribution is -2.29. The summed E-state index contributed by atoms with van der Waals surface area (Å²) in [5.41, 5.74) is 2.37. The molecule has 0 spiro atoms. The van der Waals surface area contributed by atoms with Gasteiger partial charge in [0.1, 0.15) is 11.5 Å². The van der Waals surface area contributed by atoms with Crippen molar-refractivity contribution in [2.75, 3.05) is 0 Å². The number of hydrogen-bond acceptors (Lipinski definition) is 5. The van der Waals surface area contributed by atoms with Crippen LogP contribution in [0, 0.1) is 0 Å². The fourth-order valence-corrected chi connectivity index (χ4v) is 3.56. The van der Waals surface area contributed by atoms with Crippen molar-refractivity contribution in [2.45, 2.75) is 25.9 Å². The van der Waals surface area contributed by atoms with Gasteiger partial charge in [0.15, 0.2) is 0 Å². The number of Topliss-reactive ketones (excluding diaryl/α,β-unsaturated/α-hetero) is 1. The summed E-state index contributed by atoms with van der Waals surface area (Å²) in [7, 11) is 0. The Kier molecular flexibility index (Phi) is 4.99. The van der Waals surface area contributed by atoms with Gasteiger partial charge in [0.05, 0.1) is 24.4 Å². The number of amides is 1. The van der Waals surface area contributed by atoms with Crippen molar-refractivity contribution in [1.29, 1.82) is 0 Å². The first-order valence-electron chi connectivity index (χ1n) is 9.40. The molecule has 1 unspecified atom stereocenters. The summed E-state index contributed by atoms with van der Waals surface area (Å²) in [6, 6.07) is 13.5. The molecule has 29 heavy (non-hydrogen) atoms. The van der Waals surface area contributed by atoms with E-state index < -0.39 is 17.7 Å². The molecule has 1 aliphatic rings. The minimum atomic E-state index is -0.728. The molecule has 1 amide bonds. The third-order valence-electron chi connectivity index (χ3n) is 5.10. The van der Waals surface area contributed by atoms with Crippen molar-refractivity contribution in [3.63, 3.8) is 0 Å². The van der Waals surface area contributed by atoms with E-state index in [4.69, 9.17) is 4.42 Å². The van der Waals surface area contributed by atoms with Gasteiger partial charge in [-0.2, -0.15) is 0 Å². The number of likely N-dealkylation sites (tertiary alicyclic amines) is 1. The van der Waals surface area contributed by atoms with Crippen LogP contribution in [0.25, 0.3) is 5.76 Å². The summed E-state index contributed by atoms with van der Waals surface area (Å²) in [5.74, 6) is -1.02. The number of benzene rings is 1. The van der Waals surface area contributed by atoms with Gasteiger partial charge in [-0.1, -0.05) is 31.2 Å². The maximum absolute atomic E-state index is 12.9. The Morgan fingerprint density at radius 1 is 1.10 bits per heavy atom. The van der Waals surface area contributed by atoms with Crippen LogP contribution < -0.4 is 0 Å². The second-order valence-electron chi connectivity index (χ2n) is 6.84. The number of furan rings is 1. The molecule has 0 radical (unpaired) electrons. The molecule has 3 aromatic rings. The highest BCUT2D eigenvalue weighted by Gasteiger charge is 2.46. The lowest BCUT2D eigenvalue weighted by molar-refractivity contribution is -0.140. The number of pyridine rings is 1. The van der Waals surface area contributed by atoms with Gasteiger partial charge in [0.25, 0.3) is 11.7 Å². The third-order valence-corrected chi connectivity index (χ3v) is 5.10. The molecule has 1 aromatic carbocycles. The number of aliphatic hydroxyl groups is 1. The SMILES string of the molecule is CCc1ccc(/C(O)=C2/C(=O)C(=O)N(Cc3ccco3)C2c2ccncc2)cc1. The highest BCUT2D eigenvalue weighted by Crippen LogP contribution is 2.40. The van der Waals surface area contributed by atoms with Crippen LogP contribution in [0.3, 0.4) is 0 Å². The molecule has 3 heterocycles. The number of hydrogen-bond donors (Lipinski definition) is 1. The molecule has 1 fully saturated rings. The first kappa shape index (κ1) is 18.7. The monoisotopic (exact) mass is 388 g/mol. The van der Waals surface area contributed by atoms with E-state index in [2.05, 4.69) is 4.98 Å². The minimum absolute atomic E-state index is 0.0667. The highest BCUT2D eigenvalue weighted by molar-refractivity contribution is 6.46. The van der Waals surface area contributed by atoms with Gasteiger partial charge >= 0.3 is 0 Å². The predicted molar refractivity (Wildman–Crippen MR) is 107 cm³/mol. The Labute approximate surface area is 168 Å². The molecule has 1 aliphatic heterocycles. The Hall–Kier alpha value is -3.67. The number of aryl methyl sites for hydroxylation is 1. The lowest BCUT2D eigenvalue weighted by Gasteiger charge is -2.24. The van der Waals surface area contributed by atoms with E-state index in [0.717, 1.165) is 12.0 Å². The first-order chi connectivity index (χ1) is 14.1. The van der Waals surface area contributed by atoms with Crippen LogP contribution >= 0.6 is 0 Å². The van der Waals surface area contributed by atoms with Gasteiger partial charge in [-0.25, -0.2) is 0 Å². The summed E-state index contributed by atoms with van der Waals surface area (Å²) >= 11 is 0. The fraction of sp³-hybridized carbons (Fsp3) is 0.174. The number of rotatable bonds is 5. The van der Waals surface area contributed by atoms with Crippen molar-refractivity contribution in [3.05, 3.63) is 95.2 Å². The maximum atomic E-state index is 12.9. The molecule has 0 bridgehead atoms. The second kappa shape index (κ2) is 7.75. The van der Waals surface area contributed by atoms with Gasteiger partial charge in [0.2, 0.25) is 0 Å². The number of ketones is 1. The maximum Gasteiger partial charge on any atom is 0.296 e. The van der Waals surface area contributed by atoms with E-state index in [1.807, 2.05) is 19.1 Å². The molecule has 1 N–H and O–H groups in total. The molecule has 1 saturated heterocycles. The number of carbonyl (C=O) groups is 2. The van der Waals surface area contributed by atoms with Crippen LogP contribution in [-0.4, -0.2) is 26.7 Å². The Bertz CT molecular complexity index is 1050. The van der Waals surface area contributed by atoms with Crippen molar-refractivity contribution >= 4 is 17.4 Å². The highest BCUT2D eigenvalue weighted by atomic mass is 16.3. The first-order valence-corrected chi connectivity index (χ1v) is 9.40. The molecule has 6 heteroatoms. The van der Waals surface area contributed by atoms with Crippen LogP contribution in [0.5, 0.6) is 0 Å². The van der Waals surface area contributed by atoms with Gasteiger partial charge in [-0.15, -0.1) is 0 Å². The number of nitrogens with zero attached hydrogens (tertiary/aromatic N) is 2. The summed E-state index contributed by atoms with van der Waals surface area (Å²) in [6.07, 6.45) is 5.57. The zero-order valence-corrected chi connectivity index (χ0v) is 15.9. The number of carbonyl (C=O) groups excluding carboxylic acids is 2. The molecular formula is C23H20N2O4. The van der Waals surface area contributed by atoms with E-state index in [-0.39, 0.29) is 17.9 Å². The molecule has 146 valence electrons. The third kappa shape index (κ3) is 3.45. The van der Waals surface area contributed by atoms with E-state index >= 15 is 0 Å². The molecule has 1 atom stereocenters. The molecule has 0 aliphatic carbocycles. The smallest absolute Gasteiger partial charge is 0.296 e. The van der Waals surface area contributed by atoms with Crippen molar-refractivity contribution in [2.24, 2.45) is 0 Å². The Morgan fingerprint density at radius 3 is 2.45 bits per heavy atom. The molecule has 2 aromatic heterocycles. The van der Waals surface area contributed by atoms with Crippen LogP contribution in [-0.2, 0) is 22.6 Å². The summed E-state index contributed by atoms with van der Waals surface area (Å²) in [5, 5.41) is 11.0. The molecular weight excluding hydrogens is 368 g/mol. The number of aliphatic hydroxyl groups excluding tert-OH is 1. The normalized spacial score (nSPS) is 18.4. The van der Waals surface area contributed by atoms with Gasteiger partial charge in [-0.05, 0) is 41.8 Å². The molecule has 6 nitrogen and oxygen atoms in total. The summed E-state index contributed by atoms with van der Waals surface area (Å²) in [6.45, 7) is 2.16. The Balaban J connectivity index is 1.83. The quantitative estimate of drug-likeness (QED) is 0.408. The van der Waals surface area contributed by atoms with Crippen LogP contribution in [0.4, 0.5) is 0 Å². The largest absolute Gasteiger partial charge is 0.507 e. The predicted octanol–water partition coefficient (Wildman–Crippen LogP) is 3.86. The molecule has 0 saturated carbocycles. The van der Waals surface area contributed by atoms with Crippen molar-refractivity contribution in [3.8, 4) is 0 Å². The van der Waals surface area contributed by atoms with Crippen molar-refractivity contribution < 1.29 is 19.1 Å². The zero-order chi connectivity index (χ0) is 20.4. The molecule has 4 rings (SSSR count). The Morgan fingerprint density at radius 2 is 1.83 bits per heavy atom. The fourth-order valence-electron chi connectivity index (χ4n) is 3.56. The average Bonchev–Trinajstić information content (AvgIpc) is 3.36. The van der Waals surface area contributed by atoms with Gasteiger partial charge in [0, 0.05) is 18.0 Å². The zero-order valence-electron chi connectivity index (χ0n) is 15.9. The van der Waals surface area contributed by atoms with Gasteiger partial charge in [-0.3, -0.25) is 14.6 Å². The van der Waals surface area contributed by atoms with E-state index in [1.54, 1.807) is 48.8 Å². The topological polar surface area (TPSA) is 83.6 Å². The summed E-state index contributed by atoms with van der Waals surface area (Å²) in [4.78, 5) is 31.2. The minimum Gasteiger partial charge on any atom is -0.507 e. The standard InChI is InChI=1S/C23H20N2O4/c1-2-15-5-7-17(8-6-15)21(26)19-20(16-9-11-24-12-10-16)25(23(28)22(19)27)14-18-4-3-13-29-18/h3-13,20,26H,2,14H2,1H3/b21-19-. The summed E-state index contributed by atoms with van der Waals surface area (Å²) < 4.78 is 5.37. The second-order valence-corrected chi connectivity index (χ2v) is 6.84. The average molecular weight is 388 g/mol. The van der Waals surface area contributed by atoms with Crippen LogP contribution in [0.2, 0.25) is 0 Å². The van der Waals surface area contributed by atoms with E-state index in [9.17, 15) is 14.7 Å². The van der Waals surface area contributed by atoms with Crippen LogP contribution in [0.1, 0.15) is 35.4 Å². The number of aromatic nitrogens is 1. The lowest BCUT2D eigenvalue weighted by atomic mass is 9.95. The van der Waals surface area contributed by atoms with E-state index in [1.165, 1.54) is 11.2 Å². The van der Waals surface area contributed by atoms with Gasteiger partial charge < -0.3 is 14.4 Å².